The molecule has 1 aromatic rings. The van der Waals surface area contributed by atoms with E-state index in [1.54, 1.807) is 7.11 Å². The second kappa shape index (κ2) is 4.45. The van der Waals surface area contributed by atoms with Crippen LogP contribution in [0, 0.1) is 22.7 Å². The van der Waals surface area contributed by atoms with Gasteiger partial charge in [0, 0.05) is 12.5 Å². The molecule has 2 unspecified atom stereocenters. The molecule has 21 heavy (non-hydrogen) atoms. The number of ether oxygens (including phenoxy) is 1. The summed E-state index contributed by atoms with van der Waals surface area (Å²) in [5, 5.41) is 0. The molecule has 1 heterocycles. The van der Waals surface area contributed by atoms with E-state index >= 15 is 0 Å². The maximum absolute atomic E-state index is 13.1. The van der Waals surface area contributed by atoms with Crippen molar-refractivity contribution in [1.82, 2.24) is 0 Å². The van der Waals surface area contributed by atoms with E-state index in [0.29, 0.717) is 17.8 Å². The maximum atomic E-state index is 13.1. The minimum absolute atomic E-state index is 0.138. The van der Waals surface area contributed by atoms with Crippen LogP contribution in [0.5, 0.6) is 0 Å². The van der Waals surface area contributed by atoms with Gasteiger partial charge in [0.15, 0.2) is 5.76 Å². The molecular weight excluding hydrogens is 264 g/mol. The molecule has 4 aliphatic rings. The van der Waals surface area contributed by atoms with E-state index in [2.05, 4.69) is 6.92 Å². The summed E-state index contributed by atoms with van der Waals surface area (Å²) in [4.78, 5) is 13.1. The van der Waals surface area contributed by atoms with Crippen molar-refractivity contribution >= 4 is 5.78 Å². The molecule has 114 valence electrons. The van der Waals surface area contributed by atoms with Crippen LogP contribution in [0.1, 0.15) is 61.8 Å². The van der Waals surface area contributed by atoms with Crippen molar-refractivity contribution in [2.75, 3.05) is 7.11 Å². The molecule has 2 atom stereocenters. The van der Waals surface area contributed by atoms with Crippen LogP contribution in [0.25, 0.3) is 0 Å². The molecular formula is C18H24O3. The topological polar surface area (TPSA) is 39.4 Å². The van der Waals surface area contributed by atoms with Crippen molar-refractivity contribution in [3.8, 4) is 0 Å². The lowest BCUT2D eigenvalue weighted by atomic mass is 9.43. The maximum Gasteiger partial charge on any atom is 0.204 e. The molecule has 0 amide bonds. The molecule has 4 aliphatic carbocycles. The highest BCUT2D eigenvalue weighted by molar-refractivity contribution is 5.98. The van der Waals surface area contributed by atoms with Crippen molar-refractivity contribution in [3.63, 3.8) is 0 Å². The number of rotatable bonds is 4. The Bertz CT molecular complexity index is 557. The molecule has 3 heteroatoms. The molecule has 3 nitrogen and oxygen atoms in total. The third-order valence-corrected chi connectivity index (χ3v) is 6.01. The fourth-order valence-electron chi connectivity index (χ4n) is 5.97. The second-order valence-electron chi connectivity index (χ2n) is 8.08. The number of hydrogen-bond acceptors (Lipinski definition) is 3. The van der Waals surface area contributed by atoms with Gasteiger partial charge in [-0.05, 0) is 67.9 Å². The lowest BCUT2D eigenvalue weighted by Crippen LogP contribution is -2.53. The van der Waals surface area contributed by atoms with E-state index in [4.69, 9.17) is 9.15 Å². The van der Waals surface area contributed by atoms with E-state index in [1.807, 2.05) is 12.1 Å². The highest BCUT2D eigenvalue weighted by Gasteiger charge is 2.59. The van der Waals surface area contributed by atoms with Crippen molar-refractivity contribution in [2.45, 2.75) is 52.1 Å². The molecule has 4 saturated carbocycles. The molecule has 0 radical (unpaired) electrons. The molecule has 4 bridgehead atoms. The van der Waals surface area contributed by atoms with Gasteiger partial charge in [-0.3, -0.25) is 4.79 Å². The number of ketones is 1. The van der Waals surface area contributed by atoms with Crippen LogP contribution in [0.3, 0.4) is 0 Å². The SMILES string of the molecule is COCc1ccc(C(=O)C23CC4CC(CC(C)(C4)C2)C3)o1. The summed E-state index contributed by atoms with van der Waals surface area (Å²) in [5.74, 6) is 3.07. The monoisotopic (exact) mass is 288 g/mol. The number of carbonyl (C=O) groups excluding carboxylic acids is 1. The Balaban J connectivity index is 1.64. The molecule has 0 aromatic carbocycles. The van der Waals surface area contributed by atoms with E-state index in [0.717, 1.165) is 36.9 Å². The third kappa shape index (κ3) is 2.09. The summed E-state index contributed by atoms with van der Waals surface area (Å²) in [6.45, 7) is 2.83. The van der Waals surface area contributed by atoms with Crippen LogP contribution in [0.4, 0.5) is 0 Å². The van der Waals surface area contributed by atoms with Crippen LogP contribution in [-0.4, -0.2) is 12.9 Å². The Morgan fingerprint density at radius 1 is 1.29 bits per heavy atom. The van der Waals surface area contributed by atoms with Gasteiger partial charge in [0.2, 0.25) is 5.78 Å². The van der Waals surface area contributed by atoms with Crippen LogP contribution >= 0.6 is 0 Å². The first-order chi connectivity index (χ1) is 10.0. The fraction of sp³-hybridized carbons (Fsp3) is 0.722. The number of hydrogen-bond donors (Lipinski definition) is 0. The standard InChI is InChI=1S/C18H24O3/c1-17-6-12-5-13(7-17)9-18(8-12,11-17)16(19)15-4-3-14(21-15)10-20-2/h3-4,12-13H,5-11H2,1-2H3. The lowest BCUT2D eigenvalue weighted by molar-refractivity contribution is -0.0828. The first-order valence-electron chi connectivity index (χ1n) is 8.14. The van der Waals surface area contributed by atoms with Gasteiger partial charge in [-0.15, -0.1) is 0 Å². The molecule has 0 saturated heterocycles. The Hall–Kier alpha value is -1.09. The fourth-order valence-corrected chi connectivity index (χ4v) is 5.97. The minimum Gasteiger partial charge on any atom is -0.455 e. The Kier molecular flexibility index (Phi) is 2.88. The molecule has 0 spiro atoms. The summed E-state index contributed by atoms with van der Waals surface area (Å²) in [5.41, 5.74) is 0.253. The number of Topliss-reactive ketones (excluding diaryl/α,β-unsaturated/α-hetero) is 1. The number of methoxy groups -OCH3 is 1. The van der Waals surface area contributed by atoms with Gasteiger partial charge < -0.3 is 9.15 Å². The Morgan fingerprint density at radius 2 is 2.00 bits per heavy atom. The third-order valence-electron chi connectivity index (χ3n) is 6.01. The average Bonchev–Trinajstić information content (AvgIpc) is 2.84. The summed E-state index contributed by atoms with van der Waals surface area (Å²) in [7, 11) is 1.64. The Morgan fingerprint density at radius 3 is 2.62 bits per heavy atom. The highest BCUT2D eigenvalue weighted by Crippen LogP contribution is 2.65. The molecule has 5 rings (SSSR count). The second-order valence-corrected chi connectivity index (χ2v) is 8.08. The van der Waals surface area contributed by atoms with Crippen LogP contribution in [0.2, 0.25) is 0 Å². The van der Waals surface area contributed by atoms with Crippen LogP contribution < -0.4 is 0 Å². The van der Waals surface area contributed by atoms with Crippen molar-refractivity contribution in [2.24, 2.45) is 22.7 Å². The van der Waals surface area contributed by atoms with Gasteiger partial charge in [0.25, 0.3) is 0 Å². The van der Waals surface area contributed by atoms with Gasteiger partial charge in [0.1, 0.15) is 12.4 Å². The van der Waals surface area contributed by atoms with Crippen LogP contribution in [0.15, 0.2) is 16.5 Å². The molecule has 0 N–H and O–H groups in total. The van der Waals surface area contributed by atoms with Crippen molar-refractivity contribution in [3.05, 3.63) is 23.7 Å². The van der Waals surface area contributed by atoms with Gasteiger partial charge in [0.05, 0.1) is 0 Å². The van der Waals surface area contributed by atoms with Gasteiger partial charge in [-0.1, -0.05) is 6.92 Å². The largest absolute Gasteiger partial charge is 0.455 e. The number of carbonyl (C=O) groups is 1. The van der Waals surface area contributed by atoms with Gasteiger partial charge >= 0.3 is 0 Å². The van der Waals surface area contributed by atoms with E-state index in [-0.39, 0.29) is 11.2 Å². The summed E-state index contributed by atoms with van der Waals surface area (Å²) in [6.07, 6.45) is 7.22. The zero-order valence-corrected chi connectivity index (χ0v) is 13.0. The number of furan rings is 1. The smallest absolute Gasteiger partial charge is 0.204 e. The van der Waals surface area contributed by atoms with E-state index < -0.39 is 0 Å². The van der Waals surface area contributed by atoms with Crippen molar-refractivity contribution in [1.29, 1.82) is 0 Å². The van der Waals surface area contributed by atoms with E-state index in [1.165, 1.54) is 19.3 Å². The van der Waals surface area contributed by atoms with Gasteiger partial charge in [-0.2, -0.15) is 0 Å². The lowest BCUT2D eigenvalue weighted by Gasteiger charge is -2.60. The molecule has 4 fully saturated rings. The quantitative estimate of drug-likeness (QED) is 0.779. The molecule has 1 aromatic heterocycles. The molecule has 0 aliphatic heterocycles. The predicted molar refractivity (Wildman–Crippen MR) is 79.0 cm³/mol. The van der Waals surface area contributed by atoms with E-state index in [9.17, 15) is 4.79 Å². The first-order valence-corrected chi connectivity index (χ1v) is 8.14. The van der Waals surface area contributed by atoms with Crippen LogP contribution in [-0.2, 0) is 11.3 Å². The first kappa shape index (κ1) is 13.6. The zero-order valence-electron chi connectivity index (χ0n) is 13.0. The van der Waals surface area contributed by atoms with Crippen molar-refractivity contribution < 1.29 is 13.9 Å². The summed E-state index contributed by atoms with van der Waals surface area (Å²) < 4.78 is 10.8. The Labute approximate surface area is 126 Å². The normalized spacial score (nSPS) is 40.7. The summed E-state index contributed by atoms with van der Waals surface area (Å²) >= 11 is 0. The zero-order chi connectivity index (χ0) is 14.7. The predicted octanol–water partition coefficient (Wildman–Crippen LogP) is 4.22. The average molecular weight is 288 g/mol. The summed E-state index contributed by atoms with van der Waals surface area (Å²) in [6, 6.07) is 3.72. The highest BCUT2D eigenvalue weighted by atomic mass is 16.5. The minimum atomic E-state index is -0.138. The van der Waals surface area contributed by atoms with Gasteiger partial charge in [-0.25, -0.2) is 0 Å².